The van der Waals surface area contributed by atoms with E-state index in [0.29, 0.717) is 25.2 Å². The van der Waals surface area contributed by atoms with Gasteiger partial charge in [-0.15, -0.1) is 0 Å². The smallest absolute Gasteiger partial charge is 0.123 e. The Bertz CT molecular complexity index is 794. The number of aliphatic hydroxyl groups is 1. The van der Waals surface area contributed by atoms with Crippen molar-refractivity contribution in [1.82, 2.24) is 9.97 Å². The SMILES string of the molecule is CC(C)CC(O)(Cc1cccc(F)c1)Cc1cc2ccncc2[nH]1. The summed E-state index contributed by atoms with van der Waals surface area (Å²) in [4.78, 5) is 7.44. The van der Waals surface area contributed by atoms with Crippen molar-refractivity contribution in [2.24, 2.45) is 5.92 Å². The molecule has 0 aliphatic carbocycles. The van der Waals surface area contributed by atoms with Crippen LogP contribution in [-0.4, -0.2) is 20.7 Å². The van der Waals surface area contributed by atoms with Crippen LogP contribution in [0.1, 0.15) is 31.5 Å². The molecule has 3 aromatic rings. The molecule has 0 radical (unpaired) electrons. The Labute approximate surface area is 141 Å². The number of halogens is 1. The van der Waals surface area contributed by atoms with Crippen molar-refractivity contribution in [3.63, 3.8) is 0 Å². The summed E-state index contributed by atoms with van der Waals surface area (Å²) in [7, 11) is 0. The quantitative estimate of drug-likeness (QED) is 0.711. The molecule has 2 aromatic heterocycles. The summed E-state index contributed by atoms with van der Waals surface area (Å²) in [5.74, 6) is 0.0747. The Morgan fingerprint density at radius 1 is 1.21 bits per heavy atom. The Morgan fingerprint density at radius 2 is 2.04 bits per heavy atom. The summed E-state index contributed by atoms with van der Waals surface area (Å²) in [6, 6.07) is 10.5. The predicted octanol–water partition coefficient (Wildman–Crippen LogP) is 4.26. The second-order valence-electron chi connectivity index (χ2n) is 7.06. The highest BCUT2D eigenvalue weighted by atomic mass is 19.1. The lowest BCUT2D eigenvalue weighted by molar-refractivity contribution is 0.0194. The molecule has 3 nitrogen and oxygen atoms in total. The van der Waals surface area contributed by atoms with E-state index < -0.39 is 5.60 Å². The van der Waals surface area contributed by atoms with Crippen LogP contribution in [0.4, 0.5) is 4.39 Å². The molecule has 0 amide bonds. The lowest BCUT2D eigenvalue weighted by Gasteiger charge is -2.30. The maximum absolute atomic E-state index is 13.5. The molecule has 0 spiro atoms. The van der Waals surface area contributed by atoms with Crippen molar-refractivity contribution in [3.8, 4) is 0 Å². The first-order valence-corrected chi connectivity index (χ1v) is 8.32. The minimum Gasteiger partial charge on any atom is -0.389 e. The Kier molecular flexibility index (Phi) is 4.67. The van der Waals surface area contributed by atoms with Gasteiger partial charge in [-0.2, -0.15) is 0 Å². The summed E-state index contributed by atoms with van der Waals surface area (Å²) in [5, 5.41) is 12.3. The van der Waals surface area contributed by atoms with E-state index in [-0.39, 0.29) is 5.82 Å². The van der Waals surface area contributed by atoms with Gasteiger partial charge in [0.25, 0.3) is 0 Å². The molecule has 1 atom stereocenters. The number of nitrogens with zero attached hydrogens (tertiary/aromatic N) is 1. The molecule has 126 valence electrons. The van der Waals surface area contributed by atoms with E-state index in [1.165, 1.54) is 12.1 Å². The molecule has 2 N–H and O–H groups in total. The van der Waals surface area contributed by atoms with E-state index in [1.807, 2.05) is 18.2 Å². The number of rotatable bonds is 6. The highest BCUT2D eigenvalue weighted by Crippen LogP contribution is 2.27. The number of hydrogen-bond donors (Lipinski definition) is 2. The third-order valence-electron chi connectivity index (χ3n) is 4.21. The fourth-order valence-corrected chi connectivity index (χ4v) is 3.48. The largest absolute Gasteiger partial charge is 0.389 e. The molecule has 4 heteroatoms. The lowest BCUT2D eigenvalue weighted by atomic mass is 9.83. The monoisotopic (exact) mass is 326 g/mol. The number of aromatic nitrogens is 2. The van der Waals surface area contributed by atoms with Crippen molar-refractivity contribution in [2.75, 3.05) is 0 Å². The van der Waals surface area contributed by atoms with Gasteiger partial charge in [0.2, 0.25) is 0 Å². The average molecular weight is 326 g/mol. The second kappa shape index (κ2) is 6.73. The third kappa shape index (κ3) is 4.01. The Hall–Kier alpha value is -2.20. The van der Waals surface area contributed by atoms with Gasteiger partial charge in [-0.05, 0) is 42.2 Å². The van der Waals surface area contributed by atoms with E-state index in [2.05, 4.69) is 23.8 Å². The van der Waals surface area contributed by atoms with Crippen LogP contribution in [0.25, 0.3) is 10.9 Å². The van der Waals surface area contributed by atoms with Crippen LogP contribution < -0.4 is 0 Å². The van der Waals surface area contributed by atoms with E-state index in [9.17, 15) is 9.50 Å². The molecule has 1 unspecified atom stereocenters. The fraction of sp³-hybridized carbons (Fsp3) is 0.350. The van der Waals surface area contributed by atoms with E-state index >= 15 is 0 Å². The molecule has 24 heavy (non-hydrogen) atoms. The average Bonchev–Trinajstić information content (AvgIpc) is 2.87. The third-order valence-corrected chi connectivity index (χ3v) is 4.21. The zero-order chi connectivity index (χ0) is 17.2. The Balaban J connectivity index is 1.86. The molecule has 0 saturated carbocycles. The van der Waals surface area contributed by atoms with Crippen LogP contribution in [0.15, 0.2) is 48.8 Å². The Morgan fingerprint density at radius 3 is 2.75 bits per heavy atom. The van der Waals surface area contributed by atoms with Crippen LogP contribution >= 0.6 is 0 Å². The first kappa shape index (κ1) is 16.7. The van der Waals surface area contributed by atoms with Crippen LogP contribution in [0.3, 0.4) is 0 Å². The van der Waals surface area contributed by atoms with E-state index in [1.54, 1.807) is 18.5 Å². The molecule has 0 aliphatic heterocycles. The van der Waals surface area contributed by atoms with Gasteiger partial charge in [-0.25, -0.2) is 4.39 Å². The number of fused-ring (bicyclic) bond motifs is 1. The molecule has 0 fully saturated rings. The van der Waals surface area contributed by atoms with E-state index in [0.717, 1.165) is 22.2 Å². The highest BCUT2D eigenvalue weighted by molar-refractivity contribution is 5.79. The van der Waals surface area contributed by atoms with E-state index in [4.69, 9.17) is 0 Å². The minimum absolute atomic E-state index is 0.268. The van der Waals surface area contributed by atoms with Gasteiger partial charge in [0.1, 0.15) is 5.82 Å². The van der Waals surface area contributed by atoms with Gasteiger partial charge in [-0.3, -0.25) is 4.98 Å². The first-order valence-electron chi connectivity index (χ1n) is 8.32. The lowest BCUT2D eigenvalue weighted by Crippen LogP contribution is -2.36. The van der Waals surface area contributed by atoms with Gasteiger partial charge in [-0.1, -0.05) is 26.0 Å². The van der Waals surface area contributed by atoms with Gasteiger partial charge < -0.3 is 10.1 Å². The minimum atomic E-state index is -0.920. The zero-order valence-electron chi connectivity index (χ0n) is 14.1. The van der Waals surface area contributed by atoms with Crippen LogP contribution in [0, 0.1) is 11.7 Å². The first-order chi connectivity index (χ1) is 11.4. The highest BCUT2D eigenvalue weighted by Gasteiger charge is 2.29. The number of aromatic amines is 1. The standard InChI is InChI=1S/C20H23FN2O/c1-14(2)10-20(24,11-15-4-3-5-17(21)8-15)12-18-9-16-6-7-22-13-19(16)23-18/h3-9,13-14,23-24H,10-12H2,1-2H3. The molecule has 3 rings (SSSR count). The summed E-state index contributed by atoms with van der Waals surface area (Å²) in [5.41, 5.74) is 1.83. The molecule has 2 heterocycles. The van der Waals surface area contributed by atoms with Gasteiger partial charge in [0, 0.05) is 30.1 Å². The topological polar surface area (TPSA) is 48.9 Å². The fourth-order valence-electron chi connectivity index (χ4n) is 3.48. The van der Waals surface area contributed by atoms with Crippen molar-refractivity contribution in [1.29, 1.82) is 0 Å². The zero-order valence-corrected chi connectivity index (χ0v) is 14.1. The number of hydrogen-bond acceptors (Lipinski definition) is 2. The molecule has 0 aliphatic rings. The number of benzene rings is 1. The van der Waals surface area contributed by atoms with Crippen LogP contribution in [0.2, 0.25) is 0 Å². The summed E-state index contributed by atoms with van der Waals surface area (Å²) >= 11 is 0. The molecule has 1 aromatic carbocycles. The summed E-state index contributed by atoms with van der Waals surface area (Å²) < 4.78 is 13.5. The number of pyridine rings is 1. The van der Waals surface area contributed by atoms with Gasteiger partial charge in [0.15, 0.2) is 0 Å². The maximum Gasteiger partial charge on any atom is 0.123 e. The summed E-state index contributed by atoms with van der Waals surface area (Å²) in [6.07, 6.45) is 5.12. The number of H-pyrrole nitrogens is 1. The number of nitrogens with one attached hydrogen (secondary N) is 1. The molecule has 0 bridgehead atoms. The van der Waals surface area contributed by atoms with Gasteiger partial charge >= 0.3 is 0 Å². The second-order valence-corrected chi connectivity index (χ2v) is 7.06. The van der Waals surface area contributed by atoms with Gasteiger partial charge in [0.05, 0.1) is 17.3 Å². The van der Waals surface area contributed by atoms with Crippen molar-refractivity contribution in [3.05, 3.63) is 65.9 Å². The maximum atomic E-state index is 13.5. The summed E-state index contributed by atoms with van der Waals surface area (Å²) in [6.45, 7) is 4.18. The van der Waals surface area contributed by atoms with Crippen molar-refractivity contribution in [2.45, 2.75) is 38.7 Å². The normalized spacial score (nSPS) is 14.2. The molecular weight excluding hydrogens is 303 g/mol. The molecule has 0 saturated heterocycles. The van der Waals surface area contributed by atoms with Crippen molar-refractivity contribution < 1.29 is 9.50 Å². The van der Waals surface area contributed by atoms with Crippen molar-refractivity contribution >= 4 is 10.9 Å². The van der Waals surface area contributed by atoms with Crippen LogP contribution in [0.5, 0.6) is 0 Å². The molecular formula is C20H23FN2O. The predicted molar refractivity (Wildman–Crippen MR) is 94.3 cm³/mol. The van der Waals surface area contributed by atoms with Crippen LogP contribution in [-0.2, 0) is 12.8 Å².